The molecule has 0 fully saturated rings. The molecule has 43 heavy (non-hydrogen) atoms. The molecule has 0 aliphatic carbocycles. The van der Waals surface area contributed by atoms with Crippen LogP contribution in [0.4, 0.5) is 5.69 Å². The Hall–Kier alpha value is -5.20. The minimum Gasteiger partial charge on any atom is -0.481 e. The van der Waals surface area contributed by atoms with Crippen LogP contribution in [0.5, 0.6) is 0 Å². The number of para-hydroxylation sites is 1. The Morgan fingerprint density at radius 2 is 1.60 bits per heavy atom. The van der Waals surface area contributed by atoms with Crippen LogP contribution in [0, 0.1) is 0 Å². The topological polar surface area (TPSA) is 162 Å². The summed E-state index contributed by atoms with van der Waals surface area (Å²) < 4.78 is 29.6. The minimum atomic E-state index is -4.30. The Bertz CT molecular complexity index is 1860. The molecule has 0 radical (unpaired) electrons. The number of benzodiazepines with no additional fused rings is 1. The van der Waals surface area contributed by atoms with Crippen molar-refractivity contribution in [1.29, 1.82) is 0 Å². The second-order valence-corrected chi connectivity index (χ2v) is 11.4. The third-order valence-corrected chi connectivity index (χ3v) is 8.17. The Kier molecular flexibility index (Phi) is 8.41. The van der Waals surface area contributed by atoms with Crippen LogP contribution in [0.15, 0.2) is 107 Å². The van der Waals surface area contributed by atoms with E-state index in [0.717, 1.165) is 10.3 Å². The summed E-state index contributed by atoms with van der Waals surface area (Å²) in [6.07, 6.45) is -2.02. The first kappa shape index (κ1) is 29.3. The fourth-order valence-corrected chi connectivity index (χ4v) is 5.88. The number of aliphatic imine (C=N–C) groups is 1. The average molecular weight is 599 g/mol. The lowest BCUT2D eigenvalue weighted by Crippen LogP contribution is -2.51. The van der Waals surface area contributed by atoms with Crippen molar-refractivity contribution in [3.8, 4) is 0 Å². The number of benzene rings is 4. The van der Waals surface area contributed by atoms with Gasteiger partial charge in [0.1, 0.15) is 12.8 Å². The number of aliphatic carboxylic acids is 1. The number of carbonyl (C=O) groups excluding carboxylic acids is 3. The van der Waals surface area contributed by atoms with Gasteiger partial charge in [-0.3, -0.25) is 24.3 Å². The van der Waals surface area contributed by atoms with Gasteiger partial charge >= 0.3 is 5.97 Å². The van der Waals surface area contributed by atoms with Crippen molar-refractivity contribution >= 4 is 56.3 Å². The summed E-state index contributed by atoms with van der Waals surface area (Å²) in [7, 11) is -4.30. The summed E-state index contributed by atoms with van der Waals surface area (Å²) in [4.78, 5) is 55.0. The van der Waals surface area contributed by atoms with Crippen molar-refractivity contribution in [1.82, 2.24) is 10.0 Å². The number of fused-ring (bicyclic) bond motifs is 2. The van der Waals surface area contributed by atoms with Gasteiger partial charge < -0.3 is 15.2 Å². The van der Waals surface area contributed by atoms with Crippen LogP contribution in [-0.2, 0) is 29.2 Å². The van der Waals surface area contributed by atoms with Crippen LogP contribution in [0.2, 0.25) is 0 Å². The van der Waals surface area contributed by atoms with E-state index in [1.807, 2.05) is 12.1 Å². The Balaban J connectivity index is 1.56. The fourth-order valence-electron chi connectivity index (χ4n) is 4.76. The maximum Gasteiger partial charge on any atom is 0.305 e. The Morgan fingerprint density at radius 3 is 2.33 bits per heavy atom. The first-order valence-electron chi connectivity index (χ1n) is 13.2. The molecule has 1 heterocycles. The Morgan fingerprint density at radius 1 is 0.930 bits per heavy atom. The second-order valence-electron chi connectivity index (χ2n) is 9.73. The molecule has 11 nitrogen and oxygen atoms in total. The van der Waals surface area contributed by atoms with Gasteiger partial charge in [-0.25, -0.2) is 8.42 Å². The zero-order valence-electron chi connectivity index (χ0n) is 22.6. The van der Waals surface area contributed by atoms with Crippen LogP contribution < -0.4 is 14.9 Å². The van der Waals surface area contributed by atoms with E-state index in [9.17, 15) is 27.6 Å². The summed E-state index contributed by atoms with van der Waals surface area (Å²) in [6, 6.07) is 26.0. The largest absolute Gasteiger partial charge is 0.481 e. The van der Waals surface area contributed by atoms with Gasteiger partial charge in [0.05, 0.1) is 28.8 Å². The van der Waals surface area contributed by atoms with Crippen LogP contribution in [0.3, 0.4) is 0 Å². The SMILES string of the molecule is O=C[C@H](CC(=O)O)NC(=O)CN1C(=O)C(NS(=O)(=O)c2ccc3ccccc3c2)N=C(c2ccccc2)c2ccccc21. The molecule has 1 aliphatic heterocycles. The molecular formula is C31H26N4O7S. The number of hydrogen-bond acceptors (Lipinski definition) is 7. The van der Waals surface area contributed by atoms with Gasteiger partial charge in [0.15, 0.2) is 6.17 Å². The lowest BCUT2D eigenvalue weighted by Gasteiger charge is -2.25. The van der Waals surface area contributed by atoms with Crippen molar-refractivity contribution in [2.75, 3.05) is 11.4 Å². The van der Waals surface area contributed by atoms with E-state index in [1.54, 1.807) is 72.8 Å². The first-order valence-corrected chi connectivity index (χ1v) is 14.7. The van der Waals surface area contributed by atoms with Gasteiger partial charge in [-0.05, 0) is 29.0 Å². The molecule has 3 N–H and O–H groups in total. The van der Waals surface area contributed by atoms with Crippen LogP contribution >= 0.6 is 0 Å². The number of aldehydes is 1. The number of hydrogen-bond donors (Lipinski definition) is 3. The van der Waals surface area contributed by atoms with Gasteiger partial charge in [-0.2, -0.15) is 4.72 Å². The van der Waals surface area contributed by atoms with Crippen LogP contribution in [0.25, 0.3) is 10.8 Å². The molecule has 12 heteroatoms. The first-order chi connectivity index (χ1) is 20.7. The third kappa shape index (κ3) is 6.50. The lowest BCUT2D eigenvalue weighted by atomic mass is 10.0. The molecule has 2 atom stereocenters. The van der Waals surface area contributed by atoms with E-state index in [1.165, 1.54) is 12.1 Å². The predicted molar refractivity (Wildman–Crippen MR) is 159 cm³/mol. The summed E-state index contributed by atoms with van der Waals surface area (Å²) >= 11 is 0. The molecular weight excluding hydrogens is 572 g/mol. The molecule has 218 valence electrons. The van der Waals surface area contributed by atoms with E-state index in [2.05, 4.69) is 15.0 Å². The number of amides is 2. The molecule has 1 unspecified atom stereocenters. The van der Waals surface area contributed by atoms with E-state index < -0.39 is 53.0 Å². The molecule has 0 spiro atoms. The molecule has 0 bridgehead atoms. The van der Waals surface area contributed by atoms with Gasteiger partial charge in [0, 0.05) is 11.1 Å². The van der Waals surface area contributed by atoms with E-state index in [0.29, 0.717) is 28.5 Å². The van der Waals surface area contributed by atoms with Crippen molar-refractivity contribution in [2.24, 2.45) is 4.99 Å². The maximum absolute atomic E-state index is 14.0. The number of sulfonamides is 1. The quantitative estimate of drug-likeness (QED) is 0.236. The van der Waals surface area contributed by atoms with Gasteiger partial charge in [-0.15, -0.1) is 0 Å². The van der Waals surface area contributed by atoms with Gasteiger partial charge in [0.25, 0.3) is 5.91 Å². The molecule has 1 aliphatic rings. The number of anilines is 1. The number of carbonyl (C=O) groups is 4. The van der Waals surface area contributed by atoms with Crippen LogP contribution in [0.1, 0.15) is 17.5 Å². The molecule has 2 amide bonds. The third-order valence-electron chi connectivity index (χ3n) is 6.76. The van der Waals surface area contributed by atoms with Crippen molar-refractivity contribution < 1.29 is 32.7 Å². The minimum absolute atomic E-state index is 0.0796. The average Bonchev–Trinajstić information content (AvgIpc) is 3.11. The normalized spacial score (nSPS) is 15.6. The molecule has 4 aromatic carbocycles. The highest BCUT2D eigenvalue weighted by atomic mass is 32.2. The monoisotopic (exact) mass is 598 g/mol. The molecule has 0 saturated heterocycles. The highest BCUT2D eigenvalue weighted by Gasteiger charge is 2.36. The predicted octanol–water partition coefficient (Wildman–Crippen LogP) is 2.49. The number of carboxylic acid groups (broad SMARTS) is 1. The van der Waals surface area contributed by atoms with Crippen LogP contribution in [-0.4, -0.2) is 62.1 Å². The van der Waals surface area contributed by atoms with Crippen molar-refractivity contribution in [3.63, 3.8) is 0 Å². The second kappa shape index (κ2) is 12.3. The summed E-state index contributed by atoms with van der Waals surface area (Å²) in [6.45, 7) is -0.633. The zero-order valence-corrected chi connectivity index (χ0v) is 23.4. The summed E-state index contributed by atoms with van der Waals surface area (Å²) in [5.74, 6) is -2.96. The van der Waals surface area contributed by atoms with Crippen molar-refractivity contribution in [2.45, 2.75) is 23.5 Å². The van der Waals surface area contributed by atoms with E-state index in [-0.39, 0.29) is 10.6 Å². The highest BCUT2D eigenvalue weighted by molar-refractivity contribution is 7.89. The number of rotatable bonds is 10. The molecule has 0 saturated carbocycles. The maximum atomic E-state index is 14.0. The zero-order chi connectivity index (χ0) is 30.6. The fraction of sp³-hybridized carbons (Fsp3) is 0.129. The van der Waals surface area contributed by atoms with Gasteiger partial charge in [0.2, 0.25) is 15.9 Å². The number of carboxylic acids is 1. The summed E-state index contributed by atoms with van der Waals surface area (Å²) in [5, 5.41) is 12.9. The smallest absolute Gasteiger partial charge is 0.305 e. The van der Waals surface area contributed by atoms with Crippen molar-refractivity contribution in [3.05, 3.63) is 108 Å². The molecule has 5 rings (SSSR count). The summed E-state index contributed by atoms with van der Waals surface area (Å²) in [5.41, 5.74) is 1.65. The Labute approximate surface area is 246 Å². The van der Waals surface area contributed by atoms with E-state index >= 15 is 0 Å². The molecule has 4 aromatic rings. The van der Waals surface area contributed by atoms with E-state index in [4.69, 9.17) is 5.11 Å². The molecule has 0 aromatic heterocycles. The highest BCUT2D eigenvalue weighted by Crippen LogP contribution is 2.29. The number of nitrogens with one attached hydrogen (secondary N) is 2. The van der Waals surface area contributed by atoms with Gasteiger partial charge in [-0.1, -0.05) is 78.9 Å². The lowest BCUT2D eigenvalue weighted by molar-refractivity contribution is -0.138. The number of nitrogens with zero attached hydrogens (tertiary/aromatic N) is 2. The standard InChI is InChI=1S/C31H26N4O7S/c36-19-23(17-28(38)39)32-27(37)18-35-26-13-7-6-12-25(26)29(21-9-2-1-3-10-21)33-30(31(35)40)34-43(41,42)24-15-14-20-8-4-5-11-22(20)16-24/h1-16,19,23,30,34H,17-18H2,(H,32,37)(H,38,39)/t23-,30?/m0/s1.